The van der Waals surface area contributed by atoms with Crippen molar-refractivity contribution in [3.05, 3.63) is 65.2 Å². The zero-order valence-electron chi connectivity index (χ0n) is 19.1. The minimum absolute atomic E-state index is 0. The SMILES string of the molecule is CN=C(NCCc1cccc(C(=O)NC)c1)NC(C)c1ccc(OCC(C)C)cc1.I. The molecule has 6 nitrogen and oxygen atoms in total. The Balaban J connectivity index is 0.00000480. The molecule has 31 heavy (non-hydrogen) atoms. The van der Waals surface area contributed by atoms with E-state index >= 15 is 0 Å². The zero-order chi connectivity index (χ0) is 21.9. The Hall–Kier alpha value is -2.29. The molecule has 0 aliphatic rings. The molecule has 1 unspecified atom stereocenters. The maximum atomic E-state index is 11.8. The topological polar surface area (TPSA) is 74.8 Å². The molecule has 0 heterocycles. The van der Waals surface area contributed by atoms with E-state index in [-0.39, 0.29) is 35.9 Å². The first-order chi connectivity index (χ1) is 14.4. The highest BCUT2D eigenvalue weighted by Gasteiger charge is 2.09. The molecular weight excluding hydrogens is 503 g/mol. The number of amides is 1. The summed E-state index contributed by atoms with van der Waals surface area (Å²) in [7, 11) is 3.40. The lowest BCUT2D eigenvalue weighted by Gasteiger charge is -2.19. The summed E-state index contributed by atoms with van der Waals surface area (Å²) in [6.45, 7) is 7.81. The van der Waals surface area contributed by atoms with Crippen molar-refractivity contribution >= 4 is 35.8 Å². The van der Waals surface area contributed by atoms with Crippen molar-refractivity contribution in [3.63, 3.8) is 0 Å². The Labute approximate surface area is 203 Å². The van der Waals surface area contributed by atoms with Crippen molar-refractivity contribution in [3.8, 4) is 5.75 Å². The summed E-state index contributed by atoms with van der Waals surface area (Å²) in [6.07, 6.45) is 0.793. The monoisotopic (exact) mass is 538 g/mol. The number of ether oxygens (including phenoxy) is 1. The van der Waals surface area contributed by atoms with E-state index in [9.17, 15) is 4.79 Å². The van der Waals surface area contributed by atoms with Gasteiger partial charge >= 0.3 is 0 Å². The fraction of sp³-hybridized carbons (Fsp3) is 0.417. The van der Waals surface area contributed by atoms with E-state index in [0.717, 1.165) is 35.9 Å². The van der Waals surface area contributed by atoms with E-state index in [1.807, 2.05) is 36.4 Å². The number of carbonyl (C=O) groups is 1. The van der Waals surface area contributed by atoms with Crippen LogP contribution in [0.15, 0.2) is 53.5 Å². The second kappa shape index (κ2) is 13.9. The number of nitrogens with one attached hydrogen (secondary N) is 3. The van der Waals surface area contributed by atoms with Gasteiger partial charge in [-0.1, -0.05) is 38.1 Å². The van der Waals surface area contributed by atoms with E-state index in [1.165, 1.54) is 0 Å². The maximum Gasteiger partial charge on any atom is 0.251 e. The number of halogens is 1. The Morgan fingerprint density at radius 1 is 1.10 bits per heavy atom. The lowest BCUT2D eigenvalue weighted by Crippen LogP contribution is -2.39. The fourth-order valence-electron chi connectivity index (χ4n) is 2.94. The molecule has 170 valence electrons. The van der Waals surface area contributed by atoms with Crippen LogP contribution in [0.25, 0.3) is 0 Å². The average Bonchev–Trinajstić information content (AvgIpc) is 2.76. The number of aliphatic imine (C=N–C) groups is 1. The third-order valence-corrected chi connectivity index (χ3v) is 4.66. The summed E-state index contributed by atoms with van der Waals surface area (Å²) in [6, 6.07) is 15.9. The predicted octanol–water partition coefficient (Wildman–Crippen LogP) is 4.17. The number of benzene rings is 2. The number of carbonyl (C=O) groups excluding carboxylic acids is 1. The minimum Gasteiger partial charge on any atom is -0.493 e. The second-order valence-corrected chi connectivity index (χ2v) is 7.67. The number of rotatable bonds is 9. The molecular formula is C24H35IN4O2. The molecule has 2 aromatic rings. The van der Waals surface area contributed by atoms with E-state index < -0.39 is 0 Å². The van der Waals surface area contributed by atoms with E-state index in [2.05, 4.69) is 53.8 Å². The summed E-state index contributed by atoms with van der Waals surface area (Å²) < 4.78 is 5.75. The van der Waals surface area contributed by atoms with Crippen LogP contribution in [0.4, 0.5) is 0 Å². The molecule has 0 radical (unpaired) electrons. The molecule has 0 aliphatic heterocycles. The first-order valence-corrected chi connectivity index (χ1v) is 10.4. The number of hydrogen-bond acceptors (Lipinski definition) is 3. The Morgan fingerprint density at radius 2 is 1.81 bits per heavy atom. The molecule has 1 atom stereocenters. The van der Waals surface area contributed by atoms with Crippen molar-refractivity contribution in [2.24, 2.45) is 10.9 Å². The standard InChI is InChI=1S/C24H34N4O2.HI/c1-17(2)16-30-22-11-9-20(10-12-22)18(3)28-24(26-5)27-14-13-19-7-6-8-21(15-19)23(29)25-4;/h6-12,15,17-18H,13-14,16H2,1-5H3,(H,25,29)(H2,26,27,28);1H. The van der Waals surface area contributed by atoms with Crippen LogP contribution < -0.4 is 20.7 Å². The Morgan fingerprint density at radius 3 is 2.42 bits per heavy atom. The molecule has 0 saturated heterocycles. The van der Waals surface area contributed by atoms with E-state index in [4.69, 9.17) is 4.74 Å². The highest BCUT2D eigenvalue weighted by molar-refractivity contribution is 14.0. The molecule has 0 spiro atoms. The largest absolute Gasteiger partial charge is 0.493 e. The number of guanidine groups is 1. The van der Waals surface area contributed by atoms with Gasteiger partial charge in [0.1, 0.15) is 5.75 Å². The molecule has 0 aromatic heterocycles. The minimum atomic E-state index is -0.0725. The first kappa shape index (κ1) is 26.7. The summed E-state index contributed by atoms with van der Waals surface area (Å²) >= 11 is 0. The normalized spacial score (nSPS) is 12.0. The average molecular weight is 538 g/mol. The Kier molecular flexibility index (Phi) is 12.0. The zero-order valence-corrected chi connectivity index (χ0v) is 21.4. The van der Waals surface area contributed by atoms with E-state index in [0.29, 0.717) is 18.0 Å². The van der Waals surface area contributed by atoms with Gasteiger partial charge in [0.15, 0.2) is 5.96 Å². The number of hydrogen-bond donors (Lipinski definition) is 3. The van der Waals surface area contributed by atoms with Crippen molar-refractivity contribution < 1.29 is 9.53 Å². The molecule has 0 aliphatic carbocycles. The van der Waals surface area contributed by atoms with Gasteiger partial charge in [0, 0.05) is 26.2 Å². The van der Waals surface area contributed by atoms with Gasteiger partial charge in [-0.2, -0.15) is 0 Å². The molecule has 0 bridgehead atoms. The molecule has 2 rings (SSSR count). The summed E-state index contributed by atoms with van der Waals surface area (Å²) in [5, 5.41) is 9.40. The van der Waals surface area contributed by atoms with Gasteiger partial charge < -0.3 is 20.7 Å². The fourth-order valence-corrected chi connectivity index (χ4v) is 2.94. The highest BCUT2D eigenvalue weighted by atomic mass is 127. The van der Waals surface area contributed by atoms with Crippen LogP contribution in [0.2, 0.25) is 0 Å². The van der Waals surface area contributed by atoms with Gasteiger partial charge in [0.25, 0.3) is 5.91 Å². The third kappa shape index (κ3) is 9.16. The lowest BCUT2D eigenvalue weighted by molar-refractivity contribution is 0.0963. The van der Waals surface area contributed by atoms with Crippen LogP contribution in [-0.2, 0) is 6.42 Å². The highest BCUT2D eigenvalue weighted by Crippen LogP contribution is 2.18. The van der Waals surface area contributed by atoms with Gasteiger partial charge in [0.2, 0.25) is 0 Å². The summed E-state index contributed by atoms with van der Waals surface area (Å²) in [4.78, 5) is 16.1. The quantitative estimate of drug-likeness (QED) is 0.255. The molecule has 7 heteroatoms. The second-order valence-electron chi connectivity index (χ2n) is 7.67. The summed E-state index contributed by atoms with van der Waals surface area (Å²) in [5.41, 5.74) is 2.93. The smallest absolute Gasteiger partial charge is 0.251 e. The molecule has 1 amide bonds. The van der Waals surface area contributed by atoms with Crippen LogP contribution >= 0.6 is 24.0 Å². The predicted molar refractivity (Wildman–Crippen MR) is 139 cm³/mol. The van der Waals surface area contributed by atoms with E-state index in [1.54, 1.807) is 14.1 Å². The van der Waals surface area contributed by atoms with Gasteiger partial charge in [-0.25, -0.2) is 0 Å². The van der Waals surface area contributed by atoms with Crippen LogP contribution in [0.3, 0.4) is 0 Å². The van der Waals surface area contributed by atoms with Crippen LogP contribution in [0, 0.1) is 5.92 Å². The van der Waals surface area contributed by atoms with Crippen LogP contribution in [-0.4, -0.2) is 39.1 Å². The number of nitrogens with zero attached hydrogens (tertiary/aromatic N) is 1. The third-order valence-electron chi connectivity index (χ3n) is 4.66. The maximum absolute atomic E-state index is 11.8. The first-order valence-electron chi connectivity index (χ1n) is 10.4. The molecule has 2 aromatic carbocycles. The molecule has 0 saturated carbocycles. The van der Waals surface area contributed by atoms with Gasteiger partial charge in [-0.05, 0) is 54.7 Å². The Bertz CT molecular complexity index is 838. The van der Waals surface area contributed by atoms with Gasteiger partial charge in [0.05, 0.1) is 12.6 Å². The lowest BCUT2D eigenvalue weighted by atomic mass is 10.1. The van der Waals surface area contributed by atoms with Gasteiger partial charge in [-0.3, -0.25) is 9.79 Å². The van der Waals surface area contributed by atoms with Crippen molar-refractivity contribution in [1.29, 1.82) is 0 Å². The van der Waals surface area contributed by atoms with Crippen LogP contribution in [0.1, 0.15) is 48.3 Å². The molecule has 3 N–H and O–H groups in total. The molecule has 0 fully saturated rings. The summed E-state index contributed by atoms with van der Waals surface area (Å²) in [5.74, 6) is 2.06. The van der Waals surface area contributed by atoms with Crippen molar-refractivity contribution in [2.75, 3.05) is 27.2 Å². The van der Waals surface area contributed by atoms with Crippen LogP contribution in [0.5, 0.6) is 5.75 Å². The van der Waals surface area contributed by atoms with Crippen molar-refractivity contribution in [2.45, 2.75) is 33.2 Å². The van der Waals surface area contributed by atoms with Crippen molar-refractivity contribution in [1.82, 2.24) is 16.0 Å². The van der Waals surface area contributed by atoms with Gasteiger partial charge in [-0.15, -0.1) is 24.0 Å².